The zero-order chi connectivity index (χ0) is 15.5. The molecule has 0 heterocycles. The second-order valence-electron chi connectivity index (χ2n) is 7.38. The molecule has 1 aromatic carbocycles. The van der Waals surface area contributed by atoms with Crippen molar-refractivity contribution in [2.45, 2.75) is 64.5 Å². The van der Waals surface area contributed by atoms with Crippen LogP contribution < -0.4 is 5.73 Å². The van der Waals surface area contributed by atoms with Gasteiger partial charge >= 0.3 is 0 Å². The van der Waals surface area contributed by atoms with Crippen LogP contribution in [-0.4, -0.2) is 24.0 Å². The molecule has 1 saturated carbocycles. The van der Waals surface area contributed by atoms with Crippen LogP contribution in [0.15, 0.2) is 24.3 Å². The Morgan fingerprint density at radius 1 is 1.29 bits per heavy atom. The molecule has 1 aliphatic rings. The van der Waals surface area contributed by atoms with Crippen molar-refractivity contribution < 1.29 is 0 Å². The summed E-state index contributed by atoms with van der Waals surface area (Å²) in [6.45, 7) is 8.64. The first kappa shape index (κ1) is 16.5. The number of hydrogen-bond acceptors (Lipinski definition) is 2. The van der Waals surface area contributed by atoms with E-state index in [0.717, 1.165) is 19.0 Å². The highest BCUT2D eigenvalue weighted by Crippen LogP contribution is 2.36. The monoisotopic (exact) mass is 288 g/mol. The maximum Gasteiger partial charge on any atom is 0.0334 e. The summed E-state index contributed by atoms with van der Waals surface area (Å²) < 4.78 is 0. The molecule has 1 fully saturated rings. The lowest BCUT2D eigenvalue weighted by Gasteiger charge is -2.46. The molecule has 21 heavy (non-hydrogen) atoms. The van der Waals surface area contributed by atoms with Gasteiger partial charge in [0.25, 0.3) is 0 Å². The zero-order valence-corrected chi connectivity index (χ0v) is 14.2. The van der Waals surface area contributed by atoms with Gasteiger partial charge in [-0.2, -0.15) is 0 Å². The Kier molecular flexibility index (Phi) is 5.45. The number of nitrogens with zero attached hydrogens (tertiary/aromatic N) is 1. The summed E-state index contributed by atoms with van der Waals surface area (Å²) >= 11 is 0. The van der Waals surface area contributed by atoms with E-state index < -0.39 is 0 Å². The fourth-order valence-electron chi connectivity index (χ4n) is 3.77. The molecule has 1 aromatic rings. The highest BCUT2D eigenvalue weighted by atomic mass is 15.2. The summed E-state index contributed by atoms with van der Waals surface area (Å²) in [5.74, 6) is 1.40. The molecule has 2 rings (SSSR count). The van der Waals surface area contributed by atoms with E-state index in [2.05, 4.69) is 57.0 Å². The molecular formula is C19H32N2. The van der Waals surface area contributed by atoms with Gasteiger partial charge < -0.3 is 5.73 Å². The van der Waals surface area contributed by atoms with Crippen molar-refractivity contribution in [2.24, 2.45) is 11.7 Å². The van der Waals surface area contributed by atoms with Crippen LogP contribution in [0.2, 0.25) is 0 Å². The molecule has 0 radical (unpaired) electrons. The van der Waals surface area contributed by atoms with Gasteiger partial charge in [0, 0.05) is 18.6 Å². The van der Waals surface area contributed by atoms with Crippen molar-refractivity contribution in [3.8, 4) is 0 Å². The first-order valence-electron chi connectivity index (χ1n) is 8.47. The normalized spacial score (nSPS) is 26.5. The van der Waals surface area contributed by atoms with E-state index in [1.54, 1.807) is 0 Å². The van der Waals surface area contributed by atoms with Crippen LogP contribution in [0.5, 0.6) is 0 Å². The standard InChI is InChI=1S/C19H32N2/c1-15(2)18-9-7-17(8-10-18)13-21(4)19(14-20)11-5-6-16(3)12-19/h7-10,15-16H,5-6,11-14,20H2,1-4H3. The lowest BCUT2D eigenvalue weighted by atomic mass is 9.75. The molecule has 2 unspecified atom stereocenters. The molecule has 0 amide bonds. The average Bonchev–Trinajstić information content (AvgIpc) is 2.47. The first-order chi connectivity index (χ1) is 9.97. The molecule has 0 spiro atoms. The van der Waals surface area contributed by atoms with Gasteiger partial charge in [0.05, 0.1) is 0 Å². The number of hydrogen-bond donors (Lipinski definition) is 1. The van der Waals surface area contributed by atoms with E-state index in [1.807, 2.05) is 0 Å². The Balaban J connectivity index is 2.06. The Bertz CT molecular complexity index is 437. The molecular weight excluding hydrogens is 256 g/mol. The Labute approximate surface area is 130 Å². The van der Waals surface area contributed by atoms with Gasteiger partial charge in [0.2, 0.25) is 0 Å². The third-order valence-electron chi connectivity index (χ3n) is 5.32. The molecule has 1 aliphatic carbocycles. The van der Waals surface area contributed by atoms with Gasteiger partial charge in [-0.25, -0.2) is 0 Å². The minimum absolute atomic E-state index is 0.203. The van der Waals surface area contributed by atoms with Crippen molar-refractivity contribution in [1.29, 1.82) is 0 Å². The molecule has 0 saturated heterocycles. The summed E-state index contributed by atoms with van der Waals surface area (Å²) in [6, 6.07) is 9.10. The SMILES string of the molecule is CC1CCCC(CN)(N(C)Cc2ccc(C(C)C)cc2)C1. The number of benzene rings is 1. The van der Waals surface area contributed by atoms with Crippen molar-refractivity contribution in [3.63, 3.8) is 0 Å². The molecule has 0 bridgehead atoms. The quantitative estimate of drug-likeness (QED) is 0.882. The van der Waals surface area contributed by atoms with Crippen LogP contribution >= 0.6 is 0 Å². The Morgan fingerprint density at radius 2 is 1.95 bits per heavy atom. The molecule has 2 N–H and O–H groups in total. The fourth-order valence-corrected chi connectivity index (χ4v) is 3.77. The van der Waals surface area contributed by atoms with E-state index >= 15 is 0 Å². The molecule has 0 aromatic heterocycles. The van der Waals surface area contributed by atoms with E-state index in [-0.39, 0.29) is 5.54 Å². The summed E-state index contributed by atoms with van der Waals surface area (Å²) in [6.07, 6.45) is 5.16. The molecule has 118 valence electrons. The lowest BCUT2D eigenvalue weighted by molar-refractivity contribution is 0.0554. The van der Waals surface area contributed by atoms with E-state index in [1.165, 1.54) is 36.8 Å². The first-order valence-corrected chi connectivity index (χ1v) is 8.47. The van der Waals surface area contributed by atoms with Gasteiger partial charge in [-0.1, -0.05) is 57.9 Å². The molecule has 0 aliphatic heterocycles. The highest BCUT2D eigenvalue weighted by molar-refractivity contribution is 5.24. The van der Waals surface area contributed by atoms with Gasteiger partial charge in [-0.05, 0) is 42.9 Å². The average molecular weight is 288 g/mol. The molecule has 2 heteroatoms. The van der Waals surface area contributed by atoms with Crippen molar-refractivity contribution >= 4 is 0 Å². The highest BCUT2D eigenvalue weighted by Gasteiger charge is 2.37. The van der Waals surface area contributed by atoms with Crippen LogP contribution in [0.1, 0.15) is 63.5 Å². The summed E-state index contributed by atoms with van der Waals surface area (Å²) in [7, 11) is 2.25. The summed E-state index contributed by atoms with van der Waals surface area (Å²) in [5.41, 5.74) is 9.19. The van der Waals surface area contributed by atoms with E-state index in [0.29, 0.717) is 5.92 Å². The largest absolute Gasteiger partial charge is 0.329 e. The van der Waals surface area contributed by atoms with Gasteiger partial charge in [-0.3, -0.25) is 4.90 Å². The third-order valence-corrected chi connectivity index (χ3v) is 5.32. The van der Waals surface area contributed by atoms with Crippen LogP contribution in [0.3, 0.4) is 0 Å². The summed E-state index contributed by atoms with van der Waals surface area (Å²) in [5, 5.41) is 0. The molecule has 2 atom stereocenters. The van der Waals surface area contributed by atoms with E-state index in [4.69, 9.17) is 5.73 Å². The topological polar surface area (TPSA) is 29.3 Å². The third kappa shape index (κ3) is 3.87. The van der Waals surface area contributed by atoms with Crippen molar-refractivity contribution in [2.75, 3.05) is 13.6 Å². The van der Waals surface area contributed by atoms with Gasteiger partial charge in [-0.15, -0.1) is 0 Å². The second kappa shape index (κ2) is 6.93. The predicted molar refractivity (Wildman–Crippen MR) is 91.4 cm³/mol. The smallest absolute Gasteiger partial charge is 0.0334 e. The predicted octanol–water partition coefficient (Wildman–Crippen LogP) is 4.15. The van der Waals surface area contributed by atoms with Gasteiger partial charge in [0.1, 0.15) is 0 Å². The zero-order valence-electron chi connectivity index (χ0n) is 14.2. The lowest BCUT2D eigenvalue weighted by Crippen LogP contribution is -2.54. The number of likely N-dealkylation sites (N-methyl/N-ethyl adjacent to an activating group) is 1. The van der Waals surface area contributed by atoms with Crippen LogP contribution in [0.25, 0.3) is 0 Å². The Morgan fingerprint density at radius 3 is 2.48 bits per heavy atom. The Hall–Kier alpha value is -0.860. The molecule has 2 nitrogen and oxygen atoms in total. The fraction of sp³-hybridized carbons (Fsp3) is 0.684. The van der Waals surface area contributed by atoms with Crippen molar-refractivity contribution in [1.82, 2.24) is 4.90 Å². The maximum atomic E-state index is 6.18. The number of rotatable bonds is 5. The van der Waals surface area contributed by atoms with Gasteiger partial charge in [0.15, 0.2) is 0 Å². The van der Waals surface area contributed by atoms with E-state index in [9.17, 15) is 0 Å². The minimum atomic E-state index is 0.203. The van der Waals surface area contributed by atoms with Crippen LogP contribution in [0.4, 0.5) is 0 Å². The second-order valence-corrected chi connectivity index (χ2v) is 7.38. The van der Waals surface area contributed by atoms with Crippen molar-refractivity contribution in [3.05, 3.63) is 35.4 Å². The summed E-state index contributed by atoms with van der Waals surface area (Å²) in [4.78, 5) is 2.51. The maximum absolute atomic E-state index is 6.18. The van der Waals surface area contributed by atoms with Crippen LogP contribution in [-0.2, 0) is 6.54 Å². The minimum Gasteiger partial charge on any atom is -0.329 e. The van der Waals surface area contributed by atoms with Crippen LogP contribution in [0, 0.1) is 5.92 Å². The number of nitrogens with two attached hydrogens (primary N) is 1.